The van der Waals surface area contributed by atoms with Gasteiger partial charge in [-0.2, -0.15) is 5.26 Å². The lowest BCUT2D eigenvalue weighted by molar-refractivity contribution is 0.0516. The molecule has 5 nitrogen and oxygen atoms in total. The van der Waals surface area contributed by atoms with Gasteiger partial charge in [0.05, 0.1) is 12.2 Å². The zero-order valence-corrected chi connectivity index (χ0v) is 12.9. The Hall–Kier alpha value is -2.06. The van der Waals surface area contributed by atoms with Gasteiger partial charge in [-0.15, -0.1) is 0 Å². The molecule has 0 fully saturated rings. The van der Waals surface area contributed by atoms with Gasteiger partial charge in [0.1, 0.15) is 11.6 Å². The van der Waals surface area contributed by atoms with Crippen LogP contribution in [0.3, 0.4) is 0 Å². The van der Waals surface area contributed by atoms with Gasteiger partial charge in [0, 0.05) is 6.42 Å². The molecule has 0 saturated carbocycles. The highest BCUT2D eigenvalue weighted by Gasteiger charge is 2.19. The molecule has 0 bridgehead atoms. The molecule has 1 amide bonds. The largest absolute Gasteiger partial charge is 0.444 e. The third-order valence-corrected chi connectivity index (χ3v) is 2.75. The van der Waals surface area contributed by atoms with Crippen LogP contribution in [0.1, 0.15) is 44.9 Å². The normalized spacial score (nSPS) is 13.9. The lowest BCUT2D eigenvalue weighted by Gasteiger charge is -2.21. The van der Waals surface area contributed by atoms with E-state index >= 15 is 0 Å². The Morgan fingerprint density at radius 2 is 1.95 bits per heavy atom. The summed E-state index contributed by atoms with van der Waals surface area (Å²) in [7, 11) is 0. The van der Waals surface area contributed by atoms with E-state index in [0.717, 1.165) is 11.1 Å². The smallest absolute Gasteiger partial charge is 0.408 e. The first kappa shape index (κ1) is 17.0. The van der Waals surface area contributed by atoms with E-state index in [4.69, 9.17) is 10.00 Å². The molecule has 1 rings (SSSR count). The average Bonchev–Trinajstić information content (AvgIpc) is 2.36. The second-order valence-corrected chi connectivity index (χ2v) is 5.95. The van der Waals surface area contributed by atoms with Crippen molar-refractivity contribution in [1.82, 2.24) is 5.32 Å². The van der Waals surface area contributed by atoms with Crippen molar-refractivity contribution < 1.29 is 14.6 Å². The van der Waals surface area contributed by atoms with Gasteiger partial charge in [-0.25, -0.2) is 4.79 Å². The van der Waals surface area contributed by atoms with E-state index in [2.05, 4.69) is 5.32 Å². The Bertz CT molecular complexity index is 510. The summed E-state index contributed by atoms with van der Waals surface area (Å²) in [5.41, 5.74) is 1.12. The van der Waals surface area contributed by atoms with Gasteiger partial charge in [-0.3, -0.25) is 0 Å². The number of aliphatic hydroxyl groups excluding tert-OH is 1. The number of alkyl carbamates (subject to hydrolysis) is 1. The summed E-state index contributed by atoms with van der Waals surface area (Å²) in [6.45, 7) is 6.99. The van der Waals surface area contributed by atoms with E-state index < -0.39 is 23.8 Å². The molecule has 0 aliphatic rings. The number of hydrogen-bond donors (Lipinski definition) is 2. The van der Waals surface area contributed by atoms with Gasteiger partial charge in [-0.05, 0) is 38.8 Å². The minimum absolute atomic E-state index is 0.385. The first-order valence-electron chi connectivity index (χ1n) is 6.87. The molecule has 0 saturated heterocycles. The van der Waals surface area contributed by atoms with Crippen LogP contribution in [-0.2, 0) is 11.2 Å². The predicted molar refractivity (Wildman–Crippen MR) is 79.6 cm³/mol. The maximum atomic E-state index is 11.6. The third kappa shape index (κ3) is 6.28. The Kier molecular flexibility index (Phi) is 5.74. The van der Waals surface area contributed by atoms with E-state index in [1.54, 1.807) is 27.7 Å². The molecule has 114 valence electrons. The van der Waals surface area contributed by atoms with Gasteiger partial charge in [0.2, 0.25) is 0 Å². The number of nitrogens with one attached hydrogen (secondary N) is 1. The molecule has 1 unspecified atom stereocenters. The maximum Gasteiger partial charge on any atom is 0.408 e. The van der Waals surface area contributed by atoms with E-state index in [0.29, 0.717) is 6.42 Å². The molecule has 1 aromatic carbocycles. The minimum atomic E-state index is -0.655. The second-order valence-electron chi connectivity index (χ2n) is 5.95. The van der Waals surface area contributed by atoms with Gasteiger partial charge in [-0.1, -0.05) is 24.3 Å². The first-order chi connectivity index (χ1) is 9.71. The van der Waals surface area contributed by atoms with Crippen molar-refractivity contribution >= 4 is 6.09 Å². The summed E-state index contributed by atoms with van der Waals surface area (Å²) in [6, 6.07) is 8.68. The van der Waals surface area contributed by atoms with Crippen LogP contribution in [0.2, 0.25) is 0 Å². The second kappa shape index (κ2) is 7.09. The van der Waals surface area contributed by atoms with Crippen LogP contribution in [0.25, 0.3) is 0 Å². The minimum Gasteiger partial charge on any atom is -0.444 e. The topological polar surface area (TPSA) is 82.4 Å². The number of benzene rings is 1. The third-order valence-electron chi connectivity index (χ3n) is 2.75. The van der Waals surface area contributed by atoms with E-state index in [9.17, 15) is 9.90 Å². The number of rotatable bonds is 4. The molecule has 1 aromatic rings. The molecule has 0 aliphatic heterocycles. The summed E-state index contributed by atoms with van der Waals surface area (Å²) in [6.07, 6.45) is -0.740. The summed E-state index contributed by atoms with van der Waals surface area (Å²) in [5.74, 6) is 0. The van der Waals surface area contributed by atoms with Crippen molar-refractivity contribution in [3.05, 3.63) is 35.4 Å². The Labute approximate surface area is 125 Å². The number of nitrogens with zero attached hydrogens (tertiary/aromatic N) is 1. The fourth-order valence-electron chi connectivity index (χ4n) is 1.75. The number of nitriles is 1. The molecule has 21 heavy (non-hydrogen) atoms. The zero-order valence-electron chi connectivity index (χ0n) is 12.9. The van der Waals surface area contributed by atoms with E-state index in [1.807, 2.05) is 30.3 Å². The van der Waals surface area contributed by atoms with Crippen LogP contribution in [0.4, 0.5) is 4.79 Å². The van der Waals surface area contributed by atoms with Gasteiger partial charge in [0.15, 0.2) is 0 Å². The monoisotopic (exact) mass is 290 g/mol. The molecule has 2 atom stereocenters. The number of aliphatic hydroxyl groups is 1. The van der Waals surface area contributed by atoms with Gasteiger partial charge < -0.3 is 15.2 Å². The molecular formula is C16H22N2O3. The van der Waals surface area contributed by atoms with Crippen molar-refractivity contribution in [2.75, 3.05) is 0 Å². The Morgan fingerprint density at radius 3 is 2.38 bits per heavy atom. The van der Waals surface area contributed by atoms with Crippen LogP contribution in [0.15, 0.2) is 24.3 Å². The first-order valence-corrected chi connectivity index (χ1v) is 6.87. The van der Waals surface area contributed by atoms with E-state index in [-0.39, 0.29) is 0 Å². The van der Waals surface area contributed by atoms with Crippen molar-refractivity contribution in [2.24, 2.45) is 0 Å². The molecule has 0 aromatic heterocycles. The quantitative estimate of drug-likeness (QED) is 0.893. The standard InChI is InChI=1S/C16H22N2O3/c1-11(19)13-7-5-12(6-8-13)9-14(10-17)18-15(20)21-16(2,3)4/h5-8,11,14,19H,9H2,1-4H3,(H,18,20)/t11?,14-/m0/s1. The molecule has 2 N–H and O–H groups in total. The fraction of sp³-hybridized carbons (Fsp3) is 0.500. The molecular weight excluding hydrogens is 268 g/mol. The van der Waals surface area contributed by atoms with Crippen LogP contribution in [-0.4, -0.2) is 22.8 Å². The average molecular weight is 290 g/mol. The Balaban J connectivity index is 2.62. The van der Waals surface area contributed by atoms with Crippen molar-refractivity contribution in [1.29, 1.82) is 5.26 Å². The predicted octanol–water partition coefficient (Wildman–Crippen LogP) is 2.70. The maximum absolute atomic E-state index is 11.6. The van der Waals surface area contributed by atoms with Gasteiger partial charge >= 0.3 is 6.09 Å². The van der Waals surface area contributed by atoms with Crippen LogP contribution in [0, 0.1) is 11.3 Å². The lowest BCUT2D eigenvalue weighted by atomic mass is 10.0. The van der Waals surface area contributed by atoms with Crippen molar-refractivity contribution in [2.45, 2.75) is 51.9 Å². The number of amides is 1. The summed E-state index contributed by atoms with van der Waals surface area (Å²) in [4.78, 5) is 11.6. The van der Waals surface area contributed by atoms with E-state index in [1.165, 1.54) is 0 Å². The number of ether oxygens (including phenoxy) is 1. The van der Waals surface area contributed by atoms with Crippen LogP contribution < -0.4 is 5.32 Å². The molecule has 0 spiro atoms. The van der Waals surface area contributed by atoms with Crippen molar-refractivity contribution in [3.63, 3.8) is 0 Å². The highest BCUT2D eigenvalue weighted by molar-refractivity contribution is 5.68. The summed E-state index contributed by atoms with van der Waals surface area (Å²) in [5, 5.41) is 21.1. The lowest BCUT2D eigenvalue weighted by Crippen LogP contribution is -2.39. The number of hydrogen-bond acceptors (Lipinski definition) is 4. The molecule has 0 heterocycles. The molecule has 5 heteroatoms. The molecule has 0 aliphatic carbocycles. The number of carbonyl (C=O) groups excluding carboxylic acids is 1. The van der Waals surface area contributed by atoms with Gasteiger partial charge in [0.25, 0.3) is 0 Å². The number of carbonyl (C=O) groups is 1. The zero-order chi connectivity index (χ0) is 16.0. The molecule has 0 radical (unpaired) electrons. The van der Waals surface area contributed by atoms with Crippen LogP contribution >= 0.6 is 0 Å². The SMILES string of the molecule is CC(O)c1ccc(C[C@@H](C#N)NC(=O)OC(C)(C)C)cc1. The summed E-state index contributed by atoms with van der Waals surface area (Å²) < 4.78 is 5.12. The summed E-state index contributed by atoms with van der Waals surface area (Å²) >= 11 is 0. The fourth-order valence-corrected chi connectivity index (χ4v) is 1.75. The highest BCUT2D eigenvalue weighted by atomic mass is 16.6. The highest BCUT2D eigenvalue weighted by Crippen LogP contribution is 2.14. The van der Waals surface area contributed by atoms with Crippen LogP contribution in [0.5, 0.6) is 0 Å². The van der Waals surface area contributed by atoms with Crippen molar-refractivity contribution in [3.8, 4) is 6.07 Å². The Morgan fingerprint density at radius 1 is 1.38 bits per heavy atom.